The third kappa shape index (κ3) is 1.88. The second-order valence-corrected chi connectivity index (χ2v) is 3.15. The lowest BCUT2D eigenvalue weighted by molar-refractivity contribution is 0.185. The van der Waals surface area contributed by atoms with E-state index in [-0.39, 0.29) is 0 Å². The van der Waals surface area contributed by atoms with E-state index < -0.39 is 6.09 Å². The summed E-state index contributed by atoms with van der Waals surface area (Å²) in [4.78, 5) is 14.6. The minimum atomic E-state index is -1.35. The molecule has 5 nitrogen and oxygen atoms in total. The van der Waals surface area contributed by atoms with Gasteiger partial charge in [0.2, 0.25) is 0 Å². The third-order valence-corrected chi connectivity index (χ3v) is 2.19. The summed E-state index contributed by atoms with van der Waals surface area (Å²) in [7, 11) is 1.55. The summed E-state index contributed by atoms with van der Waals surface area (Å²) in [6, 6.07) is 6.80. The molecule has 0 saturated heterocycles. The lowest BCUT2D eigenvalue weighted by atomic mass is 10.2. The fraction of sp³-hybridized carbons (Fsp3) is 0.0909. The van der Waals surface area contributed by atoms with Crippen LogP contribution in [-0.4, -0.2) is 18.2 Å². The molecule has 0 saturated carbocycles. The van der Waals surface area contributed by atoms with Crippen LogP contribution in [-0.2, 0) is 5.11 Å². The summed E-state index contributed by atoms with van der Waals surface area (Å²) in [5.41, 5.74) is 1.12. The molecular formula is C11H9N2O3. The van der Waals surface area contributed by atoms with E-state index in [0.29, 0.717) is 22.3 Å². The Morgan fingerprint density at radius 2 is 2.19 bits per heavy atom. The highest BCUT2D eigenvalue weighted by Gasteiger charge is 2.06. The third-order valence-electron chi connectivity index (χ3n) is 2.19. The molecule has 0 atom stereocenters. The zero-order valence-electron chi connectivity index (χ0n) is 8.56. The highest BCUT2D eigenvalue weighted by molar-refractivity contribution is 5.98. The maximum absolute atomic E-state index is 10.5. The van der Waals surface area contributed by atoms with Gasteiger partial charge in [-0.3, -0.25) is 10.3 Å². The van der Waals surface area contributed by atoms with Gasteiger partial charge in [-0.1, -0.05) is 0 Å². The monoisotopic (exact) mass is 217 g/mol. The van der Waals surface area contributed by atoms with Crippen LogP contribution in [0.3, 0.4) is 0 Å². The van der Waals surface area contributed by atoms with Gasteiger partial charge in [0.25, 0.3) is 0 Å². The second kappa shape index (κ2) is 4.06. The van der Waals surface area contributed by atoms with Crippen molar-refractivity contribution < 1.29 is 14.6 Å². The van der Waals surface area contributed by atoms with Gasteiger partial charge in [-0.05, 0) is 24.3 Å². The van der Waals surface area contributed by atoms with Crippen LogP contribution in [0.25, 0.3) is 10.9 Å². The molecule has 0 fully saturated rings. The quantitative estimate of drug-likeness (QED) is 0.838. The Hall–Kier alpha value is -2.30. The Morgan fingerprint density at radius 3 is 2.88 bits per heavy atom. The number of rotatable bonds is 2. The zero-order chi connectivity index (χ0) is 11.5. The Balaban J connectivity index is 2.59. The van der Waals surface area contributed by atoms with Crippen molar-refractivity contribution in [1.29, 1.82) is 0 Å². The maximum Gasteiger partial charge on any atom is 0.454 e. The fourth-order valence-electron chi connectivity index (χ4n) is 1.47. The van der Waals surface area contributed by atoms with E-state index in [4.69, 9.17) is 4.74 Å². The first kappa shape index (κ1) is 10.2. The zero-order valence-corrected chi connectivity index (χ0v) is 8.56. The van der Waals surface area contributed by atoms with Crippen LogP contribution in [0.4, 0.5) is 10.5 Å². The normalized spacial score (nSPS) is 10.1. The second-order valence-electron chi connectivity index (χ2n) is 3.15. The van der Waals surface area contributed by atoms with E-state index >= 15 is 0 Å². The highest BCUT2D eigenvalue weighted by atomic mass is 16.5. The molecule has 2 rings (SSSR count). The van der Waals surface area contributed by atoms with E-state index in [0.717, 1.165) is 0 Å². The van der Waals surface area contributed by atoms with E-state index in [9.17, 15) is 9.90 Å². The van der Waals surface area contributed by atoms with Crippen molar-refractivity contribution in [3.05, 3.63) is 30.5 Å². The molecule has 0 unspecified atom stereocenters. The number of hydrogen-bond acceptors (Lipinski definition) is 3. The molecule has 1 amide bonds. The van der Waals surface area contributed by atoms with Gasteiger partial charge in [0.15, 0.2) is 0 Å². The number of carbonyl (C=O) groups is 1. The number of nitrogens with one attached hydrogen (secondary N) is 1. The molecule has 0 aliphatic carbocycles. The Labute approximate surface area is 91.7 Å². The lowest BCUT2D eigenvalue weighted by Gasteiger charge is -2.06. The number of pyridine rings is 1. The van der Waals surface area contributed by atoms with Crippen molar-refractivity contribution in [3.63, 3.8) is 0 Å². The number of fused-ring (bicyclic) bond motifs is 1. The molecule has 0 bridgehead atoms. The minimum absolute atomic E-state index is 0.434. The Kier molecular flexibility index (Phi) is 2.59. The van der Waals surface area contributed by atoms with Crippen molar-refractivity contribution >= 4 is 22.7 Å². The van der Waals surface area contributed by atoms with Crippen molar-refractivity contribution in [3.8, 4) is 5.75 Å². The molecule has 1 heterocycles. The van der Waals surface area contributed by atoms with E-state index in [1.807, 2.05) is 0 Å². The van der Waals surface area contributed by atoms with Crippen LogP contribution in [0.2, 0.25) is 0 Å². The molecule has 0 aliphatic heterocycles. The van der Waals surface area contributed by atoms with Crippen LogP contribution in [0.5, 0.6) is 5.75 Å². The van der Waals surface area contributed by atoms with Crippen molar-refractivity contribution in [1.82, 2.24) is 4.98 Å². The number of aromatic nitrogens is 1. The van der Waals surface area contributed by atoms with Gasteiger partial charge in [0.05, 0.1) is 18.3 Å². The number of anilines is 1. The lowest BCUT2D eigenvalue weighted by Crippen LogP contribution is -2.06. The summed E-state index contributed by atoms with van der Waals surface area (Å²) < 4.78 is 5.06. The average Bonchev–Trinajstić information content (AvgIpc) is 2.28. The number of nitrogens with zero attached hydrogens (tertiary/aromatic N) is 1. The number of ether oxygens (including phenoxy) is 1. The van der Waals surface area contributed by atoms with Gasteiger partial charge in [-0.25, -0.2) is 9.90 Å². The first-order chi connectivity index (χ1) is 7.70. The number of carbonyl (C=O) groups excluding carboxylic acids is 1. The Morgan fingerprint density at radius 1 is 1.38 bits per heavy atom. The number of hydrogen-bond donors (Lipinski definition) is 1. The first-order valence-electron chi connectivity index (χ1n) is 4.61. The molecule has 5 heteroatoms. The number of methoxy groups -OCH3 is 1. The topological polar surface area (TPSA) is 71.1 Å². The molecule has 1 radical (unpaired) electrons. The van der Waals surface area contributed by atoms with Gasteiger partial charge in [-0.2, -0.15) is 0 Å². The van der Waals surface area contributed by atoms with Gasteiger partial charge < -0.3 is 4.74 Å². The summed E-state index contributed by atoms with van der Waals surface area (Å²) in [6.45, 7) is 0. The van der Waals surface area contributed by atoms with Crippen molar-refractivity contribution in [2.75, 3.05) is 12.4 Å². The Bertz CT molecular complexity index is 540. The number of benzene rings is 1. The van der Waals surface area contributed by atoms with Crippen LogP contribution < -0.4 is 10.1 Å². The summed E-state index contributed by atoms with van der Waals surface area (Å²) in [6.07, 6.45) is 0.176. The van der Waals surface area contributed by atoms with Gasteiger partial charge in [0, 0.05) is 11.6 Å². The predicted octanol–water partition coefficient (Wildman–Crippen LogP) is 2.21. The standard InChI is InChI=1S/C11H9N2O3/c1-16-7-2-3-9-8(6-7)10(4-5-12-9)13-11(14)15/h2-6H,1H3,(H,12,13). The van der Waals surface area contributed by atoms with Crippen LogP contribution >= 0.6 is 0 Å². The molecule has 2 aromatic rings. The van der Waals surface area contributed by atoms with Gasteiger partial charge >= 0.3 is 6.09 Å². The van der Waals surface area contributed by atoms with Gasteiger partial charge in [0.1, 0.15) is 5.75 Å². The predicted molar refractivity (Wildman–Crippen MR) is 58.0 cm³/mol. The molecule has 16 heavy (non-hydrogen) atoms. The molecular weight excluding hydrogens is 208 g/mol. The molecule has 1 aromatic carbocycles. The van der Waals surface area contributed by atoms with Gasteiger partial charge in [-0.15, -0.1) is 0 Å². The summed E-state index contributed by atoms with van der Waals surface area (Å²) in [5, 5.41) is 13.4. The summed E-state index contributed by atoms with van der Waals surface area (Å²) >= 11 is 0. The van der Waals surface area contributed by atoms with E-state index in [1.54, 1.807) is 31.4 Å². The molecule has 81 valence electrons. The first-order valence-corrected chi connectivity index (χ1v) is 4.61. The maximum atomic E-state index is 10.5. The highest BCUT2D eigenvalue weighted by Crippen LogP contribution is 2.25. The van der Waals surface area contributed by atoms with Crippen molar-refractivity contribution in [2.24, 2.45) is 0 Å². The largest absolute Gasteiger partial charge is 0.497 e. The fourth-order valence-corrected chi connectivity index (χ4v) is 1.47. The minimum Gasteiger partial charge on any atom is -0.497 e. The van der Waals surface area contributed by atoms with Crippen LogP contribution in [0, 0.1) is 0 Å². The SMILES string of the molecule is COc1ccc2nccc(NC([O])=O)c2c1. The molecule has 0 spiro atoms. The van der Waals surface area contributed by atoms with E-state index in [1.165, 1.54) is 6.20 Å². The molecule has 1 aromatic heterocycles. The van der Waals surface area contributed by atoms with E-state index in [2.05, 4.69) is 10.3 Å². The van der Waals surface area contributed by atoms with Crippen LogP contribution in [0.1, 0.15) is 0 Å². The van der Waals surface area contributed by atoms with Crippen LogP contribution in [0.15, 0.2) is 30.5 Å². The average molecular weight is 217 g/mol. The molecule has 1 N–H and O–H groups in total. The smallest absolute Gasteiger partial charge is 0.454 e. The summed E-state index contributed by atoms with van der Waals surface area (Å²) in [5.74, 6) is 0.641. The van der Waals surface area contributed by atoms with Crippen molar-refractivity contribution in [2.45, 2.75) is 0 Å². The number of amides is 1. The molecule has 0 aliphatic rings.